The number of furan rings is 1. The predicted molar refractivity (Wildman–Crippen MR) is 98.5 cm³/mol. The summed E-state index contributed by atoms with van der Waals surface area (Å²) in [4.78, 5) is 26.5. The Bertz CT molecular complexity index is 809. The summed E-state index contributed by atoms with van der Waals surface area (Å²) in [5.74, 6) is -0.210. The van der Waals surface area contributed by atoms with Gasteiger partial charge in [-0.25, -0.2) is 4.79 Å². The molecule has 7 heteroatoms. The van der Waals surface area contributed by atoms with Crippen molar-refractivity contribution in [1.29, 1.82) is 0 Å². The smallest absolute Gasteiger partial charge is 0.410 e. The molecule has 134 valence electrons. The van der Waals surface area contributed by atoms with Crippen molar-refractivity contribution in [1.82, 2.24) is 4.90 Å². The molecule has 0 saturated carbocycles. The fraction of sp³-hybridized carbons (Fsp3) is 0.444. The van der Waals surface area contributed by atoms with E-state index in [0.29, 0.717) is 18.7 Å². The molecule has 0 aliphatic carbocycles. The molecule has 6 nitrogen and oxygen atoms in total. The molecule has 3 rings (SSSR count). The molecule has 1 atom stereocenters. The van der Waals surface area contributed by atoms with Crippen LogP contribution in [-0.2, 0) is 9.53 Å². The van der Waals surface area contributed by atoms with Crippen molar-refractivity contribution in [3.8, 4) is 0 Å². The van der Waals surface area contributed by atoms with Gasteiger partial charge in [0.1, 0.15) is 17.2 Å². The van der Waals surface area contributed by atoms with Gasteiger partial charge in [0.25, 0.3) is 0 Å². The first-order chi connectivity index (χ1) is 11.7. The maximum absolute atomic E-state index is 12.7. The van der Waals surface area contributed by atoms with Gasteiger partial charge >= 0.3 is 6.09 Å². The van der Waals surface area contributed by atoms with Crippen molar-refractivity contribution in [2.75, 3.05) is 11.9 Å². The number of carbonyl (C=O) groups excluding carboxylic acids is 2. The van der Waals surface area contributed by atoms with Crippen molar-refractivity contribution < 1.29 is 18.7 Å². The molecule has 0 spiro atoms. The molecule has 1 aromatic carbocycles. The van der Waals surface area contributed by atoms with Gasteiger partial charge in [0.05, 0.1) is 10.7 Å². The Morgan fingerprint density at radius 2 is 2.12 bits per heavy atom. The number of amides is 2. The van der Waals surface area contributed by atoms with Gasteiger partial charge in [-0.1, -0.05) is 0 Å². The average Bonchev–Trinajstić information content (AvgIpc) is 3.14. The van der Waals surface area contributed by atoms with Gasteiger partial charge in [0, 0.05) is 17.6 Å². The highest BCUT2D eigenvalue weighted by Gasteiger charge is 2.36. The fourth-order valence-corrected chi connectivity index (χ4v) is 3.48. The van der Waals surface area contributed by atoms with Crippen LogP contribution in [0.4, 0.5) is 10.5 Å². The van der Waals surface area contributed by atoms with Gasteiger partial charge in [-0.2, -0.15) is 0 Å². The van der Waals surface area contributed by atoms with Crippen molar-refractivity contribution in [3.05, 3.63) is 28.9 Å². The van der Waals surface area contributed by atoms with E-state index in [1.807, 2.05) is 32.9 Å². The van der Waals surface area contributed by atoms with Crippen LogP contribution in [0.1, 0.15) is 33.6 Å². The van der Waals surface area contributed by atoms with E-state index in [0.717, 1.165) is 21.9 Å². The highest BCUT2D eigenvalue weighted by atomic mass is 79.9. The van der Waals surface area contributed by atoms with Gasteiger partial charge in [-0.15, -0.1) is 0 Å². The number of hydrogen-bond donors (Lipinski definition) is 1. The van der Waals surface area contributed by atoms with Gasteiger partial charge in [0.15, 0.2) is 0 Å². The lowest BCUT2D eigenvalue weighted by atomic mass is 10.2. The zero-order chi connectivity index (χ0) is 18.2. The van der Waals surface area contributed by atoms with Crippen LogP contribution >= 0.6 is 15.9 Å². The van der Waals surface area contributed by atoms with Crippen molar-refractivity contribution in [2.45, 2.75) is 45.3 Å². The van der Waals surface area contributed by atoms with Crippen LogP contribution < -0.4 is 5.32 Å². The molecule has 1 aliphatic rings. The Morgan fingerprint density at radius 1 is 1.36 bits per heavy atom. The standard InChI is InChI=1S/C18H21BrN2O4/c1-18(2,3)25-17(23)21-7-4-5-14(21)16(22)20-12-9-11-6-8-24-15(11)13(19)10-12/h6,8-10,14H,4-5,7H2,1-3H3,(H,20,22)/t14-/m1/s1. The van der Waals surface area contributed by atoms with Crippen LogP contribution in [-0.4, -0.2) is 35.1 Å². The second kappa shape index (κ2) is 6.71. The molecule has 2 heterocycles. The van der Waals surface area contributed by atoms with E-state index < -0.39 is 17.7 Å². The Kier molecular flexibility index (Phi) is 4.77. The summed E-state index contributed by atoms with van der Waals surface area (Å²) in [5, 5.41) is 3.78. The fourth-order valence-electron chi connectivity index (χ4n) is 2.91. The second-order valence-corrected chi connectivity index (χ2v) is 7.97. The van der Waals surface area contributed by atoms with E-state index in [4.69, 9.17) is 9.15 Å². The van der Waals surface area contributed by atoms with Crippen LogP contribution in [0, 0.1) is 0 Å². The third-order valence-electron chi connectivity index (χ3n) is 3.96. The molecular weight excluding hydrogens is 388 g/mol. The molecule has 1 N–H and O–H groups in total. The molecule has 1 fully saturated rings. The third-order valence-corrected chi connectivity index (χ3v) is 4.55. The zero-order valence-electron chi connectivity index (χ0n) is 14.5. The molecular formula is C18H21BrN2O4. The van der Waals surface area contributed by atoms with Gasteiger partial charge in [-0.05, 0) is 67.7 Å². The molecule has 0 bridgehead atoms. The third kappa shape index (κ3) is 3.98. The largest absolute Gasteiger partial charge is 0.463 e. The normalized spacial score (nSPS) is 17.8. The van der Waals surface area contributed by atoms with E-state index in [1.165, 1.54) is 4.90 Å². The number of rotatable bonds is 2. The lowest BCUT2D eigenvalue weighted by molar-refractivity contribution is -0.120. The number of likely N-dealkylation sites (tertiary alicyclic amines) is 1. The van der Waals surface area contributed by atoms with Crippen molar-refractivity contribution in [2.24, 2.45) is 0 Å². The maximum Gasteiger partial charge on any atom is 0.410 e. The predicted octanol–water partition coefficient (Wildman–Crippen LogP) is 4.53. The summed E-state index contributed by atoms with van der Waals surface area (Å²) in [5.41, 5.74) is 0.800. The SMILES string of the molecule is CC(C)(C)OC(=O)N1CCC[C@@H]1C(=O)Nc1cc(Br)c2occc2c1. The summed E-state index contributed by atoms with van der Waals surface area (Å²) in [6.45, 7) is 5.96. The number of hydrogen-bond acceptors (Lipinski definition) is 4. The van der Waals surface area contributed by atoms with Crippen LogP contribution in [0.2, 0.25) is 0 Å². The van der Waals surface area contributed by atoms with E-state index in [2.05, 4.69) is 21.2 Å². The Morgan fingerprint density at radius 3 is 2.84 bits per heavy atom. The topological polar surface area (TPSA) is 71.8 Å². The first-order valence-electron chi connectivity index (χ1n) is 8.22. The molecule has 1 saturated heterocycles. The number of halogens is 1. The molecule has 0 unspecified atom stereocenters. The number of nitrogens with zero attached hydrogens (tertiary/aromatic N) is 1. The minimum absolute atomic E-state index is 0.210. The molecule has 0 radical (unpaired) electrons. The van der Waals surface area contributed by atoms with Gasteiger partial charge in [0.2, 0.25) is 5.91 Å². The molecule has 25 heavy (non-hydrogen) atoms. The lowest BCUT2D eigenvalue weighted by Crippen LogP contribution is -2.45. The van der Waals surface area contributed by atoms with E-state index in [9.17, 15) is 9.59 Å². The summed E-state index contributed by atoms with van der Waals surface area (Å²) < 4.78 is 11.5. The van der Waals surface area contributed by atoms with Crippen LogP contribution in [0.15, 0.2) is 33.4 Å². The van der Waals surface area contributed by atoms with Gasteiger partial charge in [-0.3, -0.25) is 9.69 Å². The minimum atomic E-state index is -0.585. The van der Waals surface area contributed by atoms with Gasteiger partial charge < -0.3 is 14.5 Å². The lowest BCUT2D eigenvalue weighted by Gasteiger charge is -2.28. The Balaban J connectivity index is 1.73. The molecule has 2 aromatic rings. The van der Waals surface area contributed by atoms with E-state index in [-0.39, 0.29) is 5.91 Å². The summed E-state index contributed by atoms with van der Waals surface area (Å²) in [7, 11) is 0. The first-order valence-corrected chi connectivity index (χ1v) is 9.01. The van der Waals surface area contributed by atoms with Crippen molar-refractivity contribution >= 4 is 44.6 Å². The number of ether oxygens (including phenoxy) is 1. The zero-order valence-corrected chi connectivity index (χ0v) is 16.1. The van der Waals surface area contributed by atoms with Crippen LogP contribution in [0.25, 0.3) is 11.0 Å². The average molecular weight is 409 g/mol. The molecule has 1 aliphatic heterocycles. The monoisotopic (exact) mass is 408 g/mol. The van der Waals surface area contributed by atoms with Crippen molar-refractivity contribution in [3.63, 3.8) is 0 Å². The number of nitrogens with one attached hydrogen (secondary N) is 1. The summed E-state index contributed by atoms with van der Waals surface area (Å²) in [6, 6.07) is 4.94. The minimum Gasteiger partial charge on any atom is -0.463 e. The first kappa shape index (κ1) is 17.8. The maximum atomic E-state index is 12.7. The summed E-state index contributed by atoms with van der Waals surface area (Å²) >= 11 is 3.44. The highest BCUT2D eigenvalue weighted by Crippen LogP contribution is 2.30. The highest BCUT2D eigenvalue weighted by molar-refractivity contribution is 9.10. The number of benzene rings is 1. The van der Waals surface area contributed by atoms with Crippen LogP contribution in [0.5, 0.6) is 0 Å². The number of anilines is 1. The Labute approximate surface area is 154 Å². The quantitative estimate of drug-likeness (QED) is 0.791. The van der Waals surface area contributed by atoms with E-state index in [1.54, 1.807) is 12.3 Å². The molecule has 2 amide bonds. The van der Waals surface area contributed by atoms with Crippen LogP contribution in [0.3, 0.4) is 0 Å². The summed E-state index contributed by atoms with van der Waals surface area (Å²) in [6.07, 6.45) is 2.56. The van der Waals surface area contributed by atoms with E-state index >= 15 is 0 Å². The molecule has 1 aromatic heterocycles. The number of carbonyl (C=O) groups is 2. The second-order valence-electron chi connectivity index (χ2n) is 7.12. The Hall–Kier alpha value is -2.02. The number of fused-ring (bicyclic) bond motifs is 1.